The molecule has 36 heavy (non-hydrogen) atoms. The van der Waals surface area contributed by atoms with Crippen molar-refractivity contribution in [2.24, 2.45) is 0 Å². The zero-order valence-corrected chi connectivity index (χ0v) is 19.7. The average molecular weight is 497 g/mol. The molecule has 0 spiro atoms. The Morgan fingerprint density at radius 1 is 1.06 bits per heavy atom. The number of methoxy groups -OCH3 is 1. The second-order valence-electron chi connectivity index (χ2n) is 8.32. The number of halogens is 2. The number of pyridine rings is 2. The zero-order valence-electron chi connectivity index (χ0n) is 19.7. The molecule has 3 heterocycles. The van der Waals surface area contributed by atoms with E-state index in [4.69, 9.17) is 9.47 Å². The Kier molecular flexibility index (Phi) is 7.72. The first-order valence-corrected chi connectivity index (χ1v) is 11.5. The van der Waals surface area contributed by atoms with Crippen molar-refractivity contribution in [3.05, 3.63) is 93.2 Å². The summed E-state index contributed by atoms with van der Waals surface area (Å²) >= 11 is 0. The quantitative estimate of drug-likeness (QED) is 0.466. The first-order chi connectivity index (χ1) is 17.4. The van der Waals surface area contributed by atoms with Gasteiger partial charge in [0.1, 0.15) is 22.9 Å². The fourth-order valence-electron chi connectivity index (χ4n) is 4.25. The molecular formula is C26H25F2N3O5. The number of fused-ring (bicyclic) bond motifs is 1. The third kappa shape index (κ3) is 5.76. The summed E-state index contributed by atoms with van der Waals surface area (Å²) in [4.78, 5) is 44.2. The number of aromatic nitrogens is 2. The van der Waals surface area contributed by atoms with Gasteiger partial charge in [-0.05, 0) is 29.8 Å². The van der Waals surface area contributed by atoms with Gasteiger partial charge in [0.15, 0.2) is 0 Å². The monoisotopic (exact) mass is 497 g/mol. The van der Waals surface area contributed by atoms with E-state index in [-0.39, 0.29) is 67.4 Å². The van der Waals surface area contributed by atoms with Gasteiger partial charge in [0, 0.05) is 62.2 Å². The molecule has 0 bridgehead atoms. The maximum atomic E-state index is 13.5. The number of esters is 1. The van der Waals surface area contributed by atoms with E-state index in [9.17, 15) is 23.2 Å². The van der Waals surface area contributed by atoms with Gasteiger partial charge >= 0.3 is 5.97 Å². The van der Waals surface area contributed by atoms with E-state index in [0.29, 0.717) is 12.1 Å². The summed E-state index contributed by atoms with van der Waals surface area (Å²) < 4.78 is 39.3. The summed E-state index contributed by atoms with van der Waals surface area (Å²) in [7, 11) is 1.24. The Balaban J connectivity index is 1.54. The molecule has 8 nitrogen and oxygen atoms in total. The predicted octanol–water partition coefficient (Wildman–Crippen LogP) is 2.56. The van der Waals surface area contributed by atoms with Crippen molar-refractivity contribution >= 4 is 11.9 Å². The van der Waals surface area contributed by atoms with Crippen LogP contribution in [-0.4, -0.2) is 53.1 Å². The molecule has 0 radical (unpaired) electrons. The maximum absolute atomic E-state index is 13.5. The van der Waals surface area contributed by atoms with Gasteiger partial charge in [0.05, 0.1) is 20.1 Å². The largest absolute Gasteiger partial charge is 0.492 e. The molecule has 0 atom stereocenters. The van der Waals surface area contributed by atoms with Crippen molar-refractivity contribution < 1.29 is 27.8 Å². The molecule has 3 aromatic rings. The minimum absolute atomic E-state index is 0.115. The lowest BCUT2D eigenvalue weighted by Crippen LogP contribution is -2.35. The lowest BCUT2D eigenvalue weighted by molar-refractivity contribution is -0.130. The Morgan fingerprint density at radius 3 is 2.53 bits per heavy atom. The van der Waals surface area contributed by atoms with Gasteiger partial charge in [-0.1, -0.05) is 6.07 Å². The van der Waals surface area contributed by atoms with Crippen LogP contribution in [0.5, 0.6) is 5.75 Å². The fourth-order valence-corrected chi connectivity index (χ4v) is 4.25. The molecule has 188 valence electrons. The minimum atomic E-state index is -0.758. The number of amides is 1. The fraction of sp³-hybridized carbons (Fsp3) is 0.308. The van der Waals surface area contributed by atoms with Gasteiger partial charge in [-0.25, -0.2) is 13.6 Å². The van der Waals surface area contributed by atoms with Crippen LogP contribution in [0.2, 0.25) is 0 Å². The first kappa shape index (κ1) is 25.0. The second-order valence-corrected chi connectivity index (χ2v) is 8.32. The number of carbonyl (C=O) groups excluding carboxylic acids is 2. The van der Waals surface area contributed by atoms with Crippen LogP contribution in [0.15, 0.2) is 53.5 Å². The highest BCUT2D eigenvalue weighted by atomic mass is 19.1. The lowest BCUT2D eigenvalue weighted by Gasteiger charge is -2.20. The second kappa shape index (κ2) is 11.1. The lowest BCUT2D eigenvalue weighted by atomic mass is 10.1. The van der Waals surface area contributed by atoms with Crippen molar-refractivity contribution in [3.8, 4) is 5.75 Å². The summed E-state index contributed by atoms with van der Waals surface area (Å²) in [6, 6.07) is 9.73. The molecule has 4 rings (SSSR count). The third-order valence-electron chi connectivity index (χ3n) is 5.96. The Hall–Kier alpha value is -4.08. The standard InChI is InChI=1S/C26H25F2N3O5/c1-35-26(34)25-21-5-8-30(23(32)14-17-12-18(27)15-19(28)13-17)9-10-31(21)24(33)16-22(25)36-11-6-20-4-2-3-7-29-20/h2-4,7,12-13,15-16H,5-6,8-11,14H2,1H3. The molecule has 0 fully saturated rings. The number of hydrogen-bond donors (Lipinski definition) is 0. The van der Waals surface area contributed by atoms with E-state index in [1.54, 1.807) is 12.3 Å². The predicted molar refractivity (Wildman–Crippen MR) is 126 cm³/mol. The molecule has 2 aromatic heterocycles. The van der Waals surface area contributed by atoms with E-state index in [1.165, 1.54) is 22.6 Å². The van der Waals surface area contributed by atoms with Crippen molar-refractivity contribution in [3.63, 3.8) is 0 Å². The average Bonchev–Trinajstić information content (AvgIpc) is 3.07. The van der Waals surface area contributed by atoms with Crippen LogP contribution in [0, 0.1) is 11.6 Å². The van der Waals surface area contributed by atoms with Gasteiger partial charge in [-0.15, -0.1) is 0 Å². The summed E-state index contributed by atoms with van der Waals surface area (Å²) in [5.74, 6) is -2.39. The SMILES string of the molecule is COC(=O)c1c(OCCc2ccccn2)cc(=O)n2c1CCN(C(=O)Cc1cc(F)cc(F)c1)CC2. The molecule has 1 aromatic carbocycles. The molecular weight excluding hydrogens is 472 g/mol. The van der Waals surface area contributed by atoms with E-state index >= 15 is 0 Å². The number of hydrogen-bond acceptors (Lipinski definition) is 6. The summed E-state index contributed by atoms with van der Waals surface area (Å²) in [6.45, 7) is 0.746. The minimum Gasteiger partial charge on any atom is -0.492 e. The smallest absolute Gasteiger partial charge is 0.343 e. The van der Waals surface area contributed by atoms with Gasteiger partial charge < -0.3 is 18.9 Å². The van der Waals surface area contributed by atoms with Crippen LogP contribution < -0.4 is 10.3 Å². The molecule has 0 unspecified atom stereocenters. The number of ether oxygens (including phenoxy) is 2. The topological polar surface area (TPSA) is 90.7 Å². The molecule has 0 saturated carbocycles. The van der Waals surface area contributed by atoms with E-state index < -0.39 is 17.6 Å². The number of benzene rings is 1. The molecule has 10 heteroatoms. The van der Waals surface area contributed by atoms with Crippen LogP contribution in [-0.2, 0) is 35.3 Å². The maximum Gasteiger partial charge on any atom is 0.343 e. The van der Waals surface area contributed by atoms with Gasteiger partial charge in [-0.2, -0.15) is 0 Å². The number of nitrogens with zero attached hydrogens (tertiary/aromatic N) is 3. The van der Waals surface area contributed by atoms with E-state index in [0.717, 1.165) is 23.9 Å². The van der Waals surface area contributed by atoms with Crippen molar-refractivity contribution in [1.82, 2.24) is 14.5 Å². The normalized spacial score (nSPS) is 13.0. The van der Waals surface area contributed by atoms with Crippen molar-refractivity contribution in [2.75, 3.05) is 26.8 Å². The van der Waals surface area contributed by atoms with Crippen LogP contribution in [0.1, 0.15) is 27.3 Å². The third-order valence-corrected chi connectivity index (χ3v) is 5.96. The Morgan fingerprint density at radius 2 is 1.83 bits per heavy atom. The molecule has 1 aliphatic heterocycles. The highest BCUT2D eigenvalue weighted by molar-refractivity contribution is 5.93. The summed E-state index contributed by atoms with van der Waals surface area (Å²) in [6.07, 6.45) is 2.15. The molecule has 1 aliphatic rings. The number of rotatable bonds is 7. The van der Waals surface area contributed by atoms with Gasteiger partial charge in [0.2, 0.25) is 5.91 Å². The van der Waals surface area contributed by atoms with Crippen LogP contribution >= 0.6 is 0 Å². The highest BCUT2D eigenvalue weighted by Crippen LogP contribution is 2.24. The summed E-state index contributed by atoms with van der Waals surface area (Å²) in [5, 5.41) is 0. The Bertz CT molecular complexity index is 1310. The van der Waals surface area contributed by atoms with Gasteiger partial charge in [0.25, 0.3) is 5.56 Å². The zero-order chi connectivity index (χ0) is 25.7. The molecule has 1 amide bonds. The van der Waals surface area contributed by atoms with Crippen molar-refractivity contribution in [1.29, 1.82) is 0 Å². The molecule has 0 N–H and O–H groups in total. The van der Waals surface area contributed by atoms with E-state index in [2.05, 4.69) is 4.98 Å². The highest BCUT2D eigenvalue weighted by Gasteiger charge is 2.27. The van der Waals surface area contributed by atoms with Gasteiger partial charge in [-0.3, -0.25) is 14.6 Å². The van der Waals surface area contributed by atoms with E-state index in [1.807, 2.05) is 12.1 Å². The van der Waals surface area contributed by atoms with Crippen LogP contribution in [0.3, 0.4) is 0 Å². The molecule has 0 aliphatic carbocycles. The van der Waals surface area contributed by atoms with Crippen molar-refractivity contribution in [2.45, 2.75) is 25.8 Å². The summed E-state index contributed by atoms with van der Waals surface area (Å²) in [5.41, 5.74) is 1.20. The Labute approximate surface area is 206 Å². The first-order valence-electron chi connectivity index (χ1n) is 11.5. The molecule has 0 saturated heterocycles. The van der Waals surface area contributed by atoms with Crippen LogP contribution in [0.25, 0.3) is 0 Å². The van der Waals surface area contributed by atoms with Crippen LogP contribution in [0.4, 0.5) is 8.78 Å². The number of carbonyl (C=O) groups is 2.